The molecule has 4 nitrogen and oxygen atoms in total. The third kappa shape index (κ3) is 3.27. The van der Waals surface area contributed by atoms with Crippen molar-refractivity contribution in [2.75, 3.05) is 5.32 Å². The van der Waals surface area contributed by atoms with Gasteiger partial charge < -0.3 is 9.84 Å². The van der Waals surface area contributed by atoms with E-state index in [0.29, 0.717) is 20.6 Å². The van der Waals surface area contributed by atoms with E-state index in [4.69, 9.17) is 27.7 Å². The van der Waals surface area contributed by atoms with E-state index < -0.39 is 0 Å². The Morgan fingerprint density at radius 3 is 2.65 bits per heavy atom. The van der Waals surface area contributed by atoms with Gasteiger partial charge in [0.15, 0.2) is 0 Å². The Kier molecular flexibility index (Phi) is 4.43. The van der Waals surface area contributed by atoms with Crippen LogP contribution in [0.2, 0.25) is 10.0 Å². The normalized spacial score (nSPS) is 10.8. The number of nitrogens with one attached hydrogen (secondary N) is 1. The van der Waals surface area contributed by atoms with E-state index in [0.717, 1.165) is 21.9 Å². The molecule has 1 N–H and O–H groups in total. The monoisotopic (exact) mass is 366 g/mol. The zero-order chi connectivity index (χ0) is 16.6. The molecular formula is C16H12Cl2N2O2S. The summed E-state index contributed by atoms with van der Waals surface area (Å²) in [6.07, 6.45) is 0. The fourth-order valence-electron chi connectivity index (χ4n) is 2.20. The lowest BCUT2D eigenvalue weighted by Gasteiger charge is -2.06. The SMILES string of the molecule is Cc1noc(C)c1-c1ccc(C(=O)Nc2ccc(Cl)cc2Cl)s1. The first-order chi connectivity index (χ1) is 11.0. The van der Waals surface area contributed by atoms with Crippen molar-refractivity contribution in [2.24, 2.45) is 0 Å². The Morgan fingerprint density at radius 2 is 2.00 bits per heavy atom. The molecule has 1 amide bonds. The van der Waals surface area contributed by atoms with Gasteiger partial charge in [0.2, 0.25) is 0 Å². The minimum atomic E-state index is -0.225. The van der Waals surface area contributed by atoms with Gasteiger partial charge in [0.25, 0.3) is 5.91 Å². The molecule has 0 fully saturated rings. The van der Waals surface area contributed by atoms with Crippen LogP contribution in [0, 0.1) is 13.8 Å². The van der Waals surface area contributed by atoms with E-state index in [1.54, 1.807) is 24.3 Å². The van der Waals surface area contributed by atoms with Crippen LogP contribution < -0.4 is 5.32 Å². The Balaban J connectivity index is 1.84. The predicted molar refractivity (Wildman–Crippen MR) is 93.7 cm³/mol. The van der Waals surface area contributed by atoms with Crippen LogP contribution >= 0.6 is 34.5 Å². The molecule has 0 radical (unpaired) electrons. The van der Waals surface area contributed by atoms with Crippen molar-refractivity contribution >= 4 is 46.1 Å². The summed E-state index contributed by atoms with van der Waals surface area (Å²) in [4.78, 5) is 13.9. The smallest absolute Gasteiger partial charge is 0.265 e. The average molecular weight is 367 g/mol. The number of aryl methyl sites for hydroxylation is 2. The largest absolute Gasteiger partial charge is 0.361 e. The van der Waals surface area contributed by atoms with Gasteiger partial charge in [-0.2, -0.15) is 0 Å². The van der Waals surface area contributed by atoms with Crippen LogP contribution in [0.15, 0.2) is 34.9 Å². The zero-order valence-electron chi connectivity index (χ0n) is 12.3. The summed E-state index contributed by atoms with van der Waals surface area (Å²) in [5.74, 6) is 0.509. The van der Waals surface area contributed by atoms with E-state index in [2.05, 4.69) is 10.5 Å². The van der Waals surface area contributed by atoms with Gasteiger partial charge in [0.05, 0.1) is 26.8 Å². The molecule has 0 aliphatic rings. The van der Waals surface area contributed by atoms with Gasteiger partial charge in [-0.3, -0.25) is 4.79 Å². The Bertz CT molecular complexity index is 867. The second-order valence-corrected chi connectivity index (χ2v) is 6.87. The number of halogens is 2. The molecule has 0 aliphatic carbocycles. The summed E-state index contributed by atoms with van der Waals surface area (Å²) in [5, 5.41) is 7.63. The number of hydrogen-bond acceptors (Lipinski definition) is 4. The van der Waals surface area contributed by atoms with Gasteiger partial charge in [-0.25, -0.2) is 0 Å². The van der Waals surface area contributed by atoms with Crippen LogP contribution in [0.1, 0.15) is 21.1 Å². The van der Waals surface area contributed by atoms with Gasteiger partial charge >= 0.3 is 0 Å². The lowest BCUT2D eigenvalue weighted by Crippen LogP contribution is -2.10. The molecule has 23 heavy (non-hydrogen) atoms. The number of aromatic nitrogens is 1. The van der Waals surface area contributed by atoms with Gasteiger partial charge in [-0.15, -0.1) is 11.3 Å². The third-order valence-corrected chi connectivity index (χ3v) is 4.94. The minimum absolute atomic E-state index is 0.225. The number of anilines is 1. The van der Waals surface area contributed by atoms with Crippen LogP contribution in [0.3, 0.4) is 0 Å². The lowest BCUT2D eigenvalue weighted by atomic mass is 10.2. The average Bonchev–Trinajstić information content (AvgIpc) is 3.09. The fraction of sp³-hybridized carbons (Fsp3) is 0.125. The number of carbonyl (C=O) groups excluding carboxylic acids is 1. The van der Waals surface area contributed by atoms with E-state index in [1.807, 2.05) is 19.9 Å². The highest BCUT2D eigenvalue weighted by molar-refractivity contribution is 7.17. The summed E-state index contributed by atoms with van der Waals surface area (Å²) in [5.41, 5.74) is 2.25. The summed E-state index contributed by atoms with van der Waals surface area (Å²) < 4.78 is 5.17. The van der Waals surface area contributed by atoms with Crippen molar-refractivity contribution in [1.82, 2.24) is 5.16 Å². The molecule has 118 valence electrons. The second kappa shape index (κ2) is 6.35. The van der Waals surface area contributed by atoms with Crippen molar-refractivity contribution in [3.8, 4) is 10.4 Å². The number of amides is 1. The first-order valence-electron chi connectivity index (χ1n) is 6.75. The lowest BCUT2D eigenvalue weighted by molar-refractivity contribution is 0.103. The highest BCUT2D eigenvalue weighted by atomic mass is 35.5. The molecule has 1 aromatic carbocycles. The van der Waals surface area contributed by atoms with Crippen LogP contribution in [0.25, 0.3) is 10.4 Å². The fourth-order valence-corrected chi connectivity index (χ4v) is 3.71. The maximum atomic E-state index is 12.4. The molecule has 0 saturated carbocycles. The van der Waals surface area contributed by atoms with Crippen molar-refractivity contribution in [3.63, 3.8) is 0 Å². The molecule has 0 atom stereocenters. The Morgan fingerprint density at radius 1 is 1.22 bits per heavy atom. The maximum Gasteiger partial charge on any atom is 0.265 e. The molecule has 0 bridgehead atoms. The van der Waals surface area contributed by atoms with E-state index >= 15 is 0 Å². The molecule has 3 rings (SSSR count). The molecular weight excluding hydrogens is 355 g/mol. The van der Waals surface area contributed by atoms with Crippen molar-refractivity contribution in [3.05, 3.63) is 56.7 Å². The van der Waals surface area contributed by atoms with Gasteiger partial charge in [0.1, 0.15) is 5.76 Å². The second-order valence-electron chi connectivity index (χ2n) is 4.94. The topological polar surface area (TPSA) is 55.1 Å². The standard InChI is InChI=1S/C16H12Cl2N2O2S/c1-8-15(9(2)22-20-8)13-5-6-14(23-13)16(21)19-12-4-3-10(17)7-11(12)18/h3-7H,1-2H3,(H,19,21). The van der Waals surface area contributed by atoms with Crippen LogP contribution in [0.5, 0.6) is 0 Å². The quantitative estimate of drug-likeness (QED) is 0.658. The van der Waals surface area contributed by atoms with E-state index in [9.17, 15) is 4.79 Å². The number of thiophene rings is 1. The first kappa shape index (κ1) is 16.1. The molecule has 2 heterocycles. The highest BCUT2D eigenvalue weighted by Gasteiger charge is 2.17. The first-order valence-corrected chi connectivity index (χ1v) is 8.32. The summed E-state index contributed by atoms with van der Waals surface area (Å²) in [6.45, 7) is 3.72. The van der Waals surface area contributed by atoms with Crippen LogP contribution in [-0.2, 0) is 0 Å². The van der Waals surface area contributed by atoms with Crippen LogP contribution in [0.4, 0.5) is 5.69 Å². The zero-order valence-corrected chi connectivity index (χ0v) is 14.6. The molecule has 0 unspecified atom stereocenters. The van der Waals surface area contributed by atoms with Crippen molar-refractivity contribution in [1.29, 1.82) is 0 Å². The van der Waals surface area contributed by atoms with Crippen molar-refractivity contribution < 1.29 is 9.32 Å². The van der Waals surface area contributed by atoms with Crippen molar-refractivity contribution in [2.45, 2.75) is 13.8 Å². The van der Waals surface area contributed by atoms with Crippen LogP contribution in [-0.4, -0.2) is 11.1 Å². The van der Waals surface area contributed by atoms with Gasteiger partial charge in [-0.05, 0) is 44.2 Å². The van der Waals surface area contributed by atoms with E-state index in [-0.39, 0.29) is 5.91 Å². The minimum Gasteiger partial charge on any atom is -0.361 e. The van der Waals surface area contributed by atoms with E-state index in [1.165, 1.54) is 11.3 Å². The number of carbonyl (C=O) groups is 1. The maximum absolute atomic E-state index is 12.4. The molecule has 7 heteroatoms. The molecule has 0 spiro atoms. The predicted octanol–water partition coefficient (Wildman–Crippen LogP) is 5.58. The molecule has 2 aromatic heterocycles. The summed E-state index contributed by atoms with van der Waals surface area (Å²) in [7, 11) is 0. The van der Waals surface area contributed by atoms with Gasteiger partial charge in [0, 0.05) is 9.90 Å². The van der Waals surface area contributed by atoms with Gasteiger partial charge in [-0.1, -0.05) is 28.4 Å². The third-order valence-electron chi connectivity index (χ3n) is 3.29. The number of benzene rings is 1. The highest BCUT2D eigenvalue weighted by Crippen LogP contribution is 2.33. The molecule has 0 aliphatic heterocycles. The molecule has 0 saturated heterocycles. The summed E-state index contributed by atoms with van der Waals surface area (Å²) in [6, 6.07) is 8.58. The Labute approximate surface area is 147 Å². The molecule has 3 aromatic rings. The number of hydrogen-bond donors (Lipinski definition) is 1. The summed E-state index contributed by atoms with van der Waals surface area (Å²) >= 11 is 13.3. The number of rotatable bonds is 3. The number of nitrogens with zero attached hydrogens (tertiary/aromatic N) is 1. The Hall–Kier alpha value is -1.82.